The molecule has 72 valence electrons. The standard InChI is InChI=1S/C9H13BrN2S/c1-8(2,11)9(3-4-9)7-12-5-6(10)13-7/h5H,3-4,11H2,1-2H3. The van der Waals surface area contributed by atoms with E-state index in [2.05, 4.69) is 34.8 Å². The molecule has 1 heterocycles. The maximum atomic E-state index is 6.17. The molecule has 2 nitrogen and oxygen atoms in total. The molecule has 4 heteroatoms. The van der Waals surface area contributed by atoms with Crippen molar-refractivity contribution in [1.82, 2.24) is 4.98 Å². The fraction of sp³-hybridized carbons (Fsp3) is 0.667. The van der Waals surface area contributed by atoms with Gasteiger partial charge in [0.05, 0.1) is 9.98 Å². The van der Waals surface area contributed by atoms with Crippen molar-refractivity contribution < 1.29 is 0 Å². The lowest BCUT2D eigenvalue weighted by Crippen LogP contribution is -2.45. The summed E-state index contributed by atoms with van der Waals surface area (Å²) in [6, 6.07) is 0. The summed E-state index contributed by atoms with van der Waals surface area (Å²) in [5.41, 5.74) is 6.18. The highest BCUT2D eigenvalue weighted by Gasteiger charge is 2.55. The van der Waals surface area contributed by atoms with Gasteiger partial charge in [-0.15, -0.1) is 11.3 Å². The SMILES string of the molecule is CC(C)(N)C1(c2ncc(Br)s2)CC1. The zero-order valence-electron chi connectivity index (χ0n) is 7.80. The van der Waals surface area contributed by atoms with Gasteiger partial charge in [-0.25, -0.2) is 4.98 Å². The molecule has 2 N–H and O–H groups in total. The normalized spacial score (nSPS) is 20.3. The van der Waals surface area contributed by atoms with Crippen molar-refractivity contribution in [2.75, 3.05) is 0 Å². The Morgan fingerprint density at radius 1 is 1.62 bits per heavy atom. The van der Waals surface area contributed by atoms with Gasteiger partial charge in [0.15, 0.2) is 0 Å². The average molecular weight is 261 g/mol. The average Bonchev–Trinajstić information content (AvgIpc) is 2.70. The van der Waals surface area contributed by atoms with E-state index in [4.69, 9.17) is 5.73 Å². The topological polar surface area (TPSA) is 38.9 Å². The van der Waals surface area contributed by atoms with Crippen molar-refractivity contribution in [1.29, 1.82) is 0 Å². The molecule has 1 saturated carbocycles. The fourth-order valence-electron chi connectivity index (χ4n) is 1.73. The highest BCUT2D eigenvalue weighted by atomic mass is 79.9. The third kappa shape index (κ3) is 1.45. The van der Waals surface area contributed by atoms with Crippen LogP contribution in [0.3, 0.4) is 0 Å². The zero-order chi connectivity index (χ0) is 9.69. The third-order valence-electron chi connectivity index (χ3n) is 2.87. The molecule has 0 aromatic carbocycles. The van der Waals surface area contributed by atoms with E-state index >= 15 is 0 Å². The summed E-state index contributed by atoms with van der Waals surface area (Å²) < 4.78 is 1.10. The first kappa shape index (κ1) is 9.62. The van der Waals surface area contributed by atoms with E-state index in [-0.39, 0.29) is 11.0 Å². The summed E-state index contributed by atoms with van der Waals surface area (Å²) >= 11 is 5.14. The smallest absolute Gasteiger partial charge is 0.102 e. The number of nitrogens with zero attached hydrogens (tertiary/aromatic N) is 1. The van der Waals surface area contributed by atoms with Gasteiger partial charge in [-0.1, -0.05) is 0 Å². The summed E-state index contributed by atoms with van der Waals surface area (Å²) in [5.74, 6) is 0. The van der Waals surface area contributed by atoms with E-state index < -0.39 is 0 Å². The molecule has 1 aliphatic rings. The Labute approximate surface area is 90.7 Å². The summed E-state index contributed by atoms with van der Waals surface area (Å²) in [7, 11) is 0. The number of hydrogen-bond donors (Lipinski definition) is 1. The van der Waals surface area contributed by atoms with Gasteiger partial charge in [0.25, 0.3) is 0 Å². The zero-order valence-corrected chi connectivity index (χ0v) is 10.2. The first-order chi connectivity index (χ1) is 5.96. The molecule has 0 unspecified atom stereocenters. The van der Waals surface area contributed by atoms with Crippen LogP contribution in [0.4, 0.5) is 0 Å². The molecule has 0 aliphatic heterocycles. The number of hydrogen-bond acceptors (Lipinski definition) is 3. The second-order valence-electron chi connectivity index (χ2n) is 4.27. The lowest BCUT2D eigenvalue weighted by Gasteiger charge is -2.28. The molecule has 0 spiro atoms. The van der Waals surface area contributed by atoms with Crippen LogP contribution in [0.2, 0.25) is 0 Å². The predicted octanol–water partition coefficient (Wildman–Crippen LogP) is 2.67. The molecular weight excluding hydrogens is 248 g/mol. The number of halogens is 1. The second kappa shape index (κ2) is 2.78. The van der Waals surface area contributed by atoms with E-state index in [1.807, 2.05) is 6.20 Å². The van der Waals surface area contributed by atoms with Gasteiger partial charge in [0.1, 0.15) is 5.01 Å². The third-order valence-corrected chi connectivity index (χ3v) is 4.55. The Kier molecular flexibility index (Phi) is 2.06. The van der Waals surface area contributed by atoms with E-state index in [0.717, 1.165) is 3.79 Å². The second-order valence-corrected chi connectivity index (χ2v) is 6.68. The largest absolute Gasteiger partial charge is 0.325 e. The van der Waals surface area contributed by atoms with Gasteiger partial charge in [0, 0.05) is 11.0 Å². The van der Waals surface area contributed by atoms with E-state index in [0.29, 0.717) is 0 Å². The first-order valence-electron chi connectivity index (χ1n) is 4.36. The predicted molar refractivity (Wildman–Crippen MR) is 59.0 cm³/mol. The van der Waals surface area contributed by atoms with Crippen LogP contribution >= 0.6 is 27.3 Å². The Bertz CT molecular complexity index is 323. The van der Waals surface area contributed by atoms with Crippen LogP contribution in [0.5, 0.6) is 0 Å². The Hall–Kier alpha value is 0.0700. The highest BCUT2D eigenvalue weighted by Crippen LogP contribution is 2.55. The van der Waals surface area contributed by atoms with Crippen molar-refractivity contribution >= 4 is 27.3 Å². The van der Waals surface area contributed by atoms with Gasteiger partial charge in [-0.2, -0.15) is 0 Å². The molecule has 1 aromatic heterocycles. The minimum Gasteiger partial charge on any atom is -0.325 e. The molecule has 1 aromatic rings. The van der Waals surface area contributed by atoms with E-state index in [1.165, 1.54) is 17.8 Å². The number of nitrogens with two attached hydrogens (primary N) is 1. The lowest BCUT2D eigenvalue weighted by atomic mass is 9.86. The molecule has 0 saturated heterocycles. The lowest BCUT2D eigenvalue weighted by molar-refractivity contribution is 0.390. The molecule has 1 fully saturated rings. The highest BCUT2D eigenvalue weighted by molar-refractivity contribution is 9.11. The van der Waals surface area contributed by atoms with E-state index in [9.17, 15) is 0 Å². The van der Waals surface area contributed by atoms with Gasteiger partial charge < -0.3 is 5.73 Å². The summed E-state index contributed by atoms with van der Waals surface area (Å²) in [4.78, 5) is 4.41. The summed E-state index contributed by atoms with van der Waals surface area (Å²) in [5, 5.41) is 1.19. The maximum absolute atomic E-state index is 6.17. The van der Waals surface area contributed by atoms with Crippen LogP contribution in [0, 0.1) is 0 Å². The van der Waals surface area contributed by atoms with Crippen LogP contribution in [-0.4, -0.2) is 10.5 Å². The van der Waals surface area contributed by atoms with Crippen molar-refractivity contribution in [3.05, 3.63) is 15.0 Å². The number of aromatic nitrogens is 1. The molecule has 1 aliphatic carbocycles. The van der Waals surface area contributed by atoms with Gasteiger partial charge in [0.2, 0.25) is 0 Å². The molecular formula is C9H13BrN2S. The van der Waals surface area contributed by atoms with Gasteiger partial charge >= 0.3 is 0 Å². The first-order valence-corrected chi connectivity index (χ1v) is 5.97. The molecule has 2 rings (SSSR count). The fourth-order valence-corrected chi connectivity index (χ4v) is 3.35. The van der Waals surface area contributed by atoms with Crippen molar-refractivity contribution in [3.8, 4) is 0 Å². The molecule has 0 bridgehead atoms. The van der Waals surface area contributed by atoms with Crippen molar-refractivity contribution in [2.24, 2.45) is 5.73 Å². The van der Waals surface area contributed by atoms with Gasteiger partial charge in [-0.05, 0) is 42.6 Å². The minimum absolute atomic E-state index is 0.149. The van der Waals surface area contributed by atoms with Crippen molar-refractivity contribution in [3.63, 3.8) is 0 Å². The number of rotatable bonds is 2. The summed E-state index contributed by atoms with van der Waals surface area (Å²) in [6.45, 7) is 4.19. The molecule has 0 amide bonds. The van der Waals surface area contributed by atoms with E-state index in [1.54, 1.807) is 11.3 Å². The van der Waals surface area contributed by atoms with Crippen LogP contribution in [0.1, 0.15) is 31.7 Å². The number of thiazole rings is 1. The van der Waals surface area contributed by atoms with Crippen LogP contribution in [-0.2, 0) is 5.41 Å². The molecule has 13 heavy (non-hydrogen) atoms. The Morgan fingerprint density at radius 3 is 2.54 bits per heavy atom. The van der Waals surface area contributed by atoms with Crippen molar-refractivity contribution in [2.45, 2.75) is 37.6 Å². The van der Waals surface area contributed by atoms with Crippen LogP contribution in [0.15, 0.2) is 9.98 Å². The van der Waals surface area contributed by atoms with Crippen LogP contribution < -0.4 is 5.73 Å². The Morgan fingerprint density at radius 2 is 2.23 bits per heavy atom. The maximum Gasteiger partial charge on any atom is 0.102 e. The Balaban J connectivity index is 2.36. The molecule has 0 atom stereocenters. The quantitative estimate of drug-likeness (QED) is 0.888. The monoisotopic (exact) mass is 260 g/mol. The minimum atomic E-state index is -0.149. The van der Waals surface area contributed by atoms with Gasteiger partial charge in [-0.3, -0.25) is 0 Å². The summed E-state index contributed by atoms with van der Waals surface area (Å²) in [6.07, 6.45) is 4.22. The van der Waals surface area contributed by atoms with Crippen LogP contribution in [0.25, 0.3) is 0 Å². The molecule has 0 radical (unpaired) electrons.